The summed E-state index contributed by atoms with van der Waals surface area (Å²) in [5.74, 6) is -0.703. The Morgan fingerprint density at radius 1 is 0.500 bits per heavy atom. The Labute approximate surface area is 320 Å². The van der Waals surface area contributed by atoms with E-state index in [0.717, 1.165) is 36.4 Å². The van der Waals surface area contributed by atoms with Crippen molar-refractivity contribution in [2.75, 3.05) is 10.6 Å². The van der Waals surface area contributed by atoms with Crippen molar-refractivity contribution in [3.63, 3.8) is 0 Å². The van der Waals surface area contributed by atoms with Gasteiger partial charge in [0.25, 0.3) is 40.3 Å². The van der Waals surface area contributed by atoms with Crippen LogP contribution in [-0.2, 0) is 40.3 Å². The SMILES string of the molecule is Cc1ccc(S(=O)(=O)NC(=O)NS(=O)(=O)c2ccc(C)c(Nc3cc(O)c4cccc(S(=O)(=O)O)c4c3)c2)cc1Nc1cc(O)c2cccc(S(=O)(=O)O)c2c1. The third kappa shape index (κ3) is 8.17. The molecule has 0 saturated heterocycles. The Kier molecular flexibility index (Phi) is 10.1. The number of hydrogen-bond donors (Lipinski definition) is 8. The summed E-state index contributed by atoms with van der Waals surface area (Å²) in [4.78, 5) is 10.9. The van der Waals surface area contributed by atoms with Gasteiger partial charge in [-0.05, 0) is 73.5 Å². The lowest BCUT2D eigenvalue weighted by molar-refractivity contribution is 0.250. The molecule has 0 aromatic heterocycles. The molecule has 0 atom stereocenters. The maximum absolute atomic E-state index is 13.3. The molecule has 56 heavy (non-hydrogen) atoms. The van der Waals surface area contributed by atoms with E-state index < -0.39 is 65.9 Å². The predicted molar refractivity (Wildman–Crippen MR) is 206 cm³/mol. The largest absolute Gasteiger partial charge is 0.507 e. The van der Waals surface area contributed by atoms with E-state index in [0.29, 0.717) is 11.1 Å². The Morgan fingerprint density at radius 3 is 1.23 bits per heavy atom. The third-order valence-electron chi connectivity index (χ3n) is 8.47. The van der Waals surface area contributed by atoms with Crippen molar-refractivity contribution in [2.24, 2.45) is 0 Å². The topological polar surface area (TPSA) is 283 Å². The van der Waals surface area contributed by atoms with Crippen molar-refractivity contribution in [1.29, 1.82) is 0 Å². The van der Waals surface area contributed by atoms with Crippen molar-refractivity contribution >= 4 is 90.6 Å². The lowest BCUT2D eigenvalue weighted by Gasteiger charge is -2.15. The molecule has 6 rings (SSSR count). The fourth-order valence-corrected chi connectivity index (χ4v) is 9.10. The number of phenolic OH excluding ortho intramolecular Hbond substituents is 2. The van der Waals surface area contributed by atoms with Crippen molar-refractivity contribution in [3.8, 4) is 11.5 Å². The first-order chi connectivity index (χ1) is 26.0. The minimum atomic E-state index is -4.73. The quantitative estimate of drug-likeness (QED) is 0.0804. The van der Waals surface area contributed by atoms with Crippen molar-refractivity contribution in [2.45, 2.75) is 33.4 Å². The summed E-state index contributed by atoms with van der Waals surface area (Å²) in [5, 5.41) is 27.1. The van der Waals surface area contributed by atoms with Gasteiger partial charge in [0.05, 0.1) is 9.79 Å². The van der Waals surface area contributed by atoms with Crippen LogP contribution in [0.4, 0.5) is 27.5 Å². The highest BCUT2D eigenvalue weighted by molar-refractivity contribution is 7.91. The number of carbonyl (C=O) groups excluding carboxylic acids is 1. The fourth-order valence-electron chi connectivity index (χ4n) is 5.77. The Morgan fingerprint density at radius 2 is 0.875 bits per heavy atom. The molecule has 0 saturated carbocycles. The van der Waals surface area contributed by atoms with E-state index in [1.807, 2.05) is 0 Å². The minimum absolute atomic E-state index is 0.0304. The van der Waals surface area contributed by atoms with Crippen LogP contribution < -0.4 is 20.1 Å². The molecule has 8 N–H and O–H groups in total. The number of phenols is 2. The highest BCUT2D eigenvalue weighted by Crippen LogP contribution is 2.37. The molecule has 0 unspecified atom stereocenters. The molecule has 292 valence electrons. The normalized spacial score (nSPS) is 12.4. The number of urea groups is 1. The van der Waals surface area contributed by atoms with Crippen molar-refractivity contribution in [1.82, 2.24) is 9.44 Å². The highest BCUT2D eigenvalue weighted by atomic mass is 32.2. The number of hydrogen-bond acceptors (Lipinski definition) is 13. The first kappa shape index (κ1) is 39.7. The summed E-state index contributed by atoms with van der Waals surface area (Å²) < 4.78 is 123. The van der Waals surface area contributed by atoms with Gasteiger partial charge in [0.2, 0.25) is 0 Å². The van der Waals surface area contributed by atoms with Crippen LogP contribution in [0.15, 0.2) is 117 Å². The van der Waals surface area contributed by atoms with Gasteiger partial charge in [-0.15, -0.1) is 0 Å². The van der Waals surface area contributed by atoms with Crippen LogP contribution >= 0.6 is 0 Å². The molecule has 0 spiro atoms. The van der Waals surface area contributed by atoms with Gasteiger partial charge in [0.1, 0.15) is 21.3 Å². The molecule has 0 aliphatic carbocycles. The van der Waals surface area contributed by atoms with Gasteiger partial charge in [-0.1, -0.05) is 36.4 Å². The number of sulfonamides is 2. The number of aromatic hydroxyl groups is 2. The number of rotatable bonds is 10. The number of anilines is 4. The average Bonchev–Trinajstić information content (AvgIpc) is 3.08. The molecule has 0 fully saturated rings. The molecule has 6 aromatic rings. The molecule has 6 aromatic carbocycles. The first-order valence-electron chi connectivity index (χ1n) is 15.8. The molecule has 0 radical (unpaired) electrons. The number of fused-ring (bicyclic) bond motifs is 2. The number of carbonyl (C=O) groups is 1. The van der Waals surface area contributed by atoms with Crippen LogP contribution in [0.5, 0.6) is 11.5 Å². The standard InChI is InChI=1S/C35H30N4O13S4/c1-19-9-11-23(17-29(19)36-21-13-27-25(31(40)15-21)5-3-7-33(27)55(47,48)49)53(43,44)38-35(42)39-54(45,46)24-12-10-20(2)30(18-24)37-22-14-28-26(32(41)16-22)6-4-8-34(28)56(50,51)52/h3-18,36-37,40-41H,1-2H3,(H2,38,39,42)(H,47,48,49)(H,50,51,52). The summed E-state index contributed by atoms with van der Waals surface area (Å²) in [7, 11) is -18.8. The zero-order valence-corrected chi connectivity index (χ0v) is 32.1. The fraction of sp³-hybridized carbons (Fsp3) is 0.0571. The van der Waals surface area contributed by atoms with Crippen LogP contribution in [0.3, 0.4) is 0 Å². The van der Waals surface area contributed by atoms with E-state index in [9.17, 15) is 57.8 Å². The van der Waals surface area contributed by atoms with Gasteiger partial charge in [0.15, 0.2) is 0 Å². The summed E-state index contributed by atoms with van der Waals surface area (Å²) in [5.41, 5.74) is 1.43. The summed E-state index contributed by atoms with van der Waals surface area (Å²) in [6.45, 7) is 3.19. The molecule has 21 heteroatoms. The Bertz CT molecular complexity index is 2880. The summed E-state index contributed by atoms with van der Waals surface area (Å²) >= 11 is 0. The number of nitrogens with one attached hydrogen (secondary N) is 4. The molecular formula is C35H30N4O13S4. The van der Waals surface area contributed by atoms with Gasteiger partial charge < -0.3 is 20.8 Å². The zero-order chi connectivity index (χ0) is 41.0. The van der Waals surface area contributed by atoms with E-state index in [1.54, 1.807) is 23.3 Å². The second-order valence-electron chi connectivity index (χ2n) is 12.4. The van der Waals surface area contributed by atoms with E-state index >= 15 is 0 Å². The summed E-state index contributed by atoms with van der Waals surface area (Å²) in [6, 6.07) is 18.5. The monoisotopic (exact) mass is 842 g/mol. The smallest absolute Gasteiger partial charge is 0.342 e. The third-order valence-corrected chi connectivity index (χ3v) is 13.0. The number of aryl methyl sites for hydroxylation is 2. The van der Waals surface area contributed by atoms with Crippen LogP contribution in [0.1, 0.15) is 11.1 Å². The lowest BCUT2D eigenvalue weighted by atomic mass is 10.1. The van der Waals surface area contributed by atoms with Gasteiger partial charge in [-0.2, -0.15) is 16.8 Å². The maximum atomic E-state index is 13.3. The first-order valence-corrected chi connectivity index (χ1v) is 21.7. The molecule has 17 nitrogen and oxygen atoms in total. The molecule has 0 aliphatic heterocycles. The van der Waals surface area contributed by atoms with Crippen molar-refractivity contribution in [3.05, 3.63) is 108 Å². The van der Waals surface area contributed by atoms with Crippen LogP contribution in [0, 0.1) is 13.8 Å². The van der Waals surface area contributed by atoms with Gasteiger partial charge >= 0.3 is 6.03 Å². The van der Waals surface area contributed by atoms with E-state index in [1.165, 1.54) is 60.7 Å². The maximum Gasteiger partial charge on any atom is 0.342 e. The van der Waals surface area contributed by atoms with Crippen LogP contribution in [-0.4, -0.2) is 59.0 Å². The van der Waals surface area contributed by atoms with E-state index in [2.05, 4.69) is 10.6 Å². The number of benzene rings is 6. The summed E-state index contributed by atoms with van der Waals surface area (Å²) in [6.07, 6.45) is 0. The van der Waals surface area contributed by atoms with Gasteiger partial charge in [-0.25, -0.2) is 31.1 Å². The highest BCUT2D eigenvalue weighted by Gasteiger charge is 2.25. The molecule has 2 amide bonds. The Hall–Kier alpha value is -5.97. The van der Waals surface area contributed by atoms with E-state index in [-0.39, 0.29) is 55.8 Å². The lowest BCUT2D eigenvalue weighted by Crippen LogP contribution is -2.42. The molecule has 0 bridgehead atoms. The van der Waals surface area contributed by atoms with Crippen molar-refractivity contribution < 1.29 is 57.8 Å². The second-order valence-corrected chi connectivity index (χ2v) is 18.5. The van der Waals surface area contributed by atoms with Crippen LogP contribution in [0.25, 0.3) is 21.5 Å². The minimum Gasteiger partial charge on any atom is -0.507 e. The van der Waals surface area contributed by atoms with Gasteiger partial charge in [-0.3, -0.25) is 9.11 Å². The number of amides is 2. The molecule has 0 aliphatic rings. The predicted octanol–water partition coefficient (Wildman–Crippen LogP) is 5.38. The van der Waals surface area contributed by atoms with Crippen LogP contribution in [0.2, 0.25) is 0 Å². The average molecular weight is 843 g/mol. The second kappa shape index (κ2) is 14.3. The zero-order valence-electron chi connectivity index (χ0n) is 28.8. The van der Waals surface area contributed by atoms with Gasteiger partial charge in [0, 0.05) is 56.4 Å². The molecule has 0 heterocycles. The van der Waals surface area contributed by atoms with E-state index in [4.69, 9.17) is 0 Å². The molecular weight excluding hydrogens is 813 g/mol. The Balaban J connectivity index is 1.22.